The Morgan fingerprint density at radius 1 is 0.522 bits per heavy atom. The zero-order valence-electron chi connectivity index (χ0n) is 25.7. The minimum Gasteiger partial charge on any atom is -0.491 e. The van der Waals surface area contributed by atoms with E-state index in [1.165, 1.54) is 5.56 Å². The Kier molecular flexibility index (Phi) is 11.2. The molecule has 5 aromatic carbocycles. The maximum atomic E-state index is 9.65. The van der Waals surface area contributed by atoms with Gasteiger partial charge >= 0.3 is 0 Å². The van der Waals surface area contributed by atoms with Gasteiger partial charge in [0, 0.05) is 17.1 Å². The molecule has 0 spiro atoms. The van der Waals surface area contributed by atoms with Crippen molar-refractivity contribution < 1.29 is 29.9 Å². The molecule has 0 bridgehead atoms. The van der Waals surface area contributed by atoms with Gasteiger partial charge in [-0.05, 0) is 89.8 Å². The second-order valence-corrected chi connectivity index (χ2v) is 11.0. The van der Waals surface area contributed by atoms with Crippen LogP contribution < -0.4 is 14.4 Å². The minimum atomic E-state index is -0.929. The molecule has 0 saturated heterocycles. The summed E-state index contributed by atoms with van der Waals surface area (Å²) in [5.74, 6) is 1.23. The Balaban J connectivity index is 1.36. The van der Waals surface area contributed by atoms with E-state index in [1.807, 2.05) is 60.7 Å². The van der Waals surface area contributed by atoms with Crippen LogP contribution in [0, 0.1) is 6.92 Å². The van der Waals surface area contributed by atoms with Gasteiger partial charge < -0.3 is 34.8 Å². The largest absolute Gasteiger partial charge is 0.491 e. The van der Waals surface area contributed by atoms with Gasteiger partial charge in [-0.25, -0.2) is 0 Å². The maximum absolute atomic E-state index is 9.65. The Hall–Kier alpha value is -4.92. The first-order valence-corrected chi connectivity index (χ1v) is 15.2. The summed E-state index contributed by atoms with van der Waals surface area (Å²) >= 11 is 0. The molecule has 5 rings (SSSR count). The highest BCUT2D eigenvalue weighted by atomic mass is 16.5. The van der Waals surface area contributed by atoms with Crippen LogP contribution in [0.4, 0.5) is 17.1 Å². The smallest absolute Gasteiger partial charge is 0.119 e. The zero-order chi connectivity index (χ0) is 32.3. The lowest BCUT2D eigenvalue weighted by Crippen LogP contribution is -2.21. The fraction of sp³-hybridized carbons (Fsp3) is 0.179. The van der Waals surface area contributed by atoms with E-state index in [-0.39, 0.29) is 26.4 Å². The summed E-state index contributed by atoms with van der Waals surface area (Å²) in [6.07, 6.45) is 2.24. The van der Waals surface area contributed by atoms with Gasteiger partial charge in [-0.2, -0.15) is 0 Å². The first-order valence-electron chi connectivity index (χ1n) is 15.2. The Labute approximate surface area is 269 Å². The minimum absolute atomic E-state index is 0.0156. The number of aryl methyl sites for hydroxylation is 1. The van der Waals surface area contributed by atoms with Crippen LogP contribution in [0.15, 0.2) is 121 Å². The van der Waals surface area contributed by atoms with Gasteiger partial charge in [-0.15, -0.1) is 0 Å². The average molecular weight is 618 g/mol. The molecular weight excluding hydrogens is 578 g/mol. The molecule has 0 fully saturated rings. The van der Waals surface area contributed by atoms with Crippen molar-refractivity contribution in [3.8, 4) is 22.6 Å². The molecule has 0 aliphatic carbocycles. The summed E-state index contributed by atoms with van der Waals surface area (Å²) in [7, 11) is 0. The van der Waals surface area contributed by atoms with E-state index in [2.05, 4.69) is 84.6 Å². The van der Waals surface area contributed by atoms with Crippen LogP contribution in [0.1, 0.15) is 16.7 Å². The number of rotatable bonds is 14. The summed E-state index contributed by atoms with van der Waals surface area (Å²) in [6.45, 7) is 1.45. The van der Waals surface area contributed by atoms with Gasteiger partial charge in [0.2, 0.25) is 0 Å². The summed E-state index contributed by atoms with van der Waals surface area (Å²) in [5, 5.41) is 37.2. The first-order chi connectivity index (χ1) is 22.4. The summed E-state index contributed by atoms with van der Waals surface area (Å²) < 4.78 is 11.1. The van der Waals surface area contributed by atoms with Crippen LogP contribution in [0.25, 0.3) is 23.3 Å². The summed E-state index contributed by atoms with van der Waals surface area (Å²) in [6, 6.07) is 40.5. The van der Waals surface area contributed by atoms with Crippen molar-refractivity contribution in [3.05, 3.63) is 138 Å². The normalized spacial score (nSPS) is 12.5. The third kappa shape index (κ3) is 8.84. The molecule has 7 nitrogen and oxygen atoms in total. The Morgan fingerprint density at radius 3 is 1.30 bits per heavy atom. The molecule has 5 aromatic rings. The zero-order valence-corrected chi connectivity index (χ0v) is 25.7. The van der Waals surface area contributed by atoms with Crippen LogP contribution in [0.3, 0.4) is 0 Å². The van der Waals surface area contributed by atoms with Gasteiger partial charge in [-0.3, -0.25) is 0 Å². The van der Waals surface area contributed by atoms with Crippen LogP contribution in [-0.4, -0.2) is 59.1 Å². The standard InChI is InChI=1S/C39H39NO6/c1-28-2-10-31(11-3-28)32-12-16-34(17-13-32)40(35-18-22-39(23-19-35)46-27-37(44)25-42)33-14-6-29(7-15-33)4-5-30-8-20-38(21-9-30)45-26-36(43)24-41/h2-23,36-37,41-44H,24-27H2,1H3. The molecule has 0 radical (unpaired) electrons. The Bertz CT molecular complexity index is 1670. The lowest BCUT2D eigenvalue weighted by molar-refractivity contribution is 0.0536. The van der Waals surface area contributed by atoms with E-state index in [0.29, 0.717) is 11.5 Å². The van der Waals surface area contributed by atoms with Crippen molar-refractivity contribution in [3.63, 3.8) is 0 Å². The second-order valence-electron chi connectivity index (χ2n) is 11.0. The molecule has 4 N–H and O–H groups in total. The maximum Gasteiger partial charge on any atom is 0.119 e. The molecule has 0 heterocycles. The Morgan fingerprint density at radius 2 is 0.870 bits per heavy atom. The van der Waals surface area contributed by atoms with Crippen molar-refractivity contribution >= 4 is 29.2 Å². The first kappa shape index (κ1) is 32.5. The molecule has 0 aromatic heterocycles. The highest BCUT2D eigenvalue weighted by Gasteiger charge is 2.14. The number of hydrogen-bond acceptors (Lipinski definition) is 7. The van der Waals surface area contributed by atoms with Crippen LogP contribution in [-0.2, 0) is 0 Å². The number of aliphatic hydroxyl groups is 4. The van der Waals surface area contributed by atoms with Crippen molar-refractivity contribution in [2.24, 2.45) is 0 Å². The van der Waals surface area contributed by atoms with Gasteiger partial charge in [0.05, 0.1) is 13.2 Å². The highest BCUT2D eigenvalue weighted by molar-refractivity contribution is 5.79. The van der Waals surface area contributed by atoms with Crippen molar-refractivity contribution in [2.75, 3.05) is 31.3 Å². The number of ether oxygens (including phenoxy) is 2. The second kappa shape index (κ2) is 15.9. The van der Waals surface area contributed by atoms with Crippen molar-refractivity contribution in [1.29, 1.82) is 0 Å². The van der Waals surface area contributed by atoms with E-state index < -0.39 is 12.2 Å². The van der Waals surface area contributed by atoms with Gasteiger partial charge in [0.1, 0.15) is 36.9 Å². The van der Waals surface area contributed by atoms with Crippen LogP contribution >= 0.6 is 0 Å². The molecule has 0 aliphatic heterocycles. The monoisotopic (exact) mass is 617 g/mol. The molecular formula is C39H39NO6. The molecule has 0 aliphatic rings. The molecule has 0 amide bonds. The third-order valence-corrected chi connectivity index (χ3v) is 7.41. The van der Waals surface area contributed by atoms with E-state index in [9.17, 15) is 10.2 Å². The number of hydrogen-bond donors (Lipinski definition) is 4. The third-order valence-electron chi connectivity index (χ3n) is 7.41. The van der Waals surface area contributed by atoms with Gasteiger partial charge in [0.15, 0.2) is 0 Å². The summed E-state index contributed by atoms with van der Waals surface area (Å²) in [5.41, 5.74) is 8.48. The lowest BCUT2D eigenvalue weighted by atomic mass is 10.0. The van der Waals surface area contributed by atoms with E-state index in [0.717, 1.165) is 39.3 Å². The fourth-order valence-electron chi connectivity index (χ4n) is 4.78. The van der Waals surface area contributed by atoms with Crippen LogP contribution in [0.5, 0.6) is 11.5 Å². The molecule has 0 saturated carbocycles. The van der Waals surface area contributed by atoms with Gasteiger partial charge in [0.25, 0.3) is 0 Å². The molecule has 2 unspecified atom stereocenters. The molecule has 7 heteroatoms. The summed E-state index contributed by atoms with van der Waals surface area (Å²) in [4.78, 5) is 2.17. The number of aliphatic hydroxyl groups excluding tert-OH is 4. The highest BCUT2D eigenvalue weighted by Crippen LogP contribution is 2.36. The predicted molar refractivity (Wildman–Crippen MR) is 184 cm³/mol. The van der Waals surface area contributed by atoms with E-state index >= 15 is 0 Å². The molecule has 46 heavy (non-hydrogen) atoms. The molecule has 2 atom stereocenters. The molecule has 236 valence electrons. The van der Waals surface area contributed by atoms with Crippen molar-refractivity contribution in [1.82, 2.24) is 0 Å². The predicted octanol–water partition coefficient (Wildman–Crippen LogP) is 6.77. The topological polar surface area (TPSA) is 103 Å². The SMILES string of the molecule is Cc1ccc(-c2ccc(N(c3ccc(C=Cc4ccc(OCC(O)CO)cc4)cc3)c3ccc(OCC(O)CO)cc3)cc2)cc1. The quantitative estimate of drug-likeness (QED) is 0.102. The van der Waals surface area contributed by atoms with Crippen LogP contribution in [0.2, 0.25) is 0 Å². The number of nitrogens with zero attached hydrogens (tertiary/aromatic N) is 1. The fourth-order valence-corrected chi connectivity index (χ4v) is 4.78. The average Bonchev–Trinajstić information content (AvgIpc) is 3.11. The number of benzene rings is 5. The van der Waals surface area contributed by atoms with Gasteiger partial charge in [-0.1, -0.05) is 78.4 Å². The number of anilines is 3. The van der Waals surface area contributed by atoms with Crippen molar-refractivity contribution in [2.45, 2.75) is 19.1 Å². The lowest BCUT2D eigenvalue weighted by Gasteiger charge is -2.26. The van der Waals surface area contributed by atoms with E-state index in [4.69, 9.17) is 19.7 Å². The van der Waals surface area contributed by atoms with E-state index in [1.54, 1.807) is 0 Å².